The van der Waals surface area contributed by atoms with Crippen LogP contribution in [0.4, 0.5) is 0 Å². The minimum Gasteiger partial charge on any atom is -0.212 e. The molecule has 0 aliphatic heterocycles. The fourth-order valence-corrected chi connectivity index (χ4v) is 0.731. The number of nitrogens with two attached hydrogens (primary N) is 4. The molecule has 0 saturated heterocycles. The molecule has 0 fully saturated rings. The number of hydrogen-bond acceptors (Lipinski definition) is 0. The molecule has 0 aliphatic rings. The predicted octanol–water partition coefficient (Wildman–Crippen LogP) is -5.89. The van der Waals surface area contributed by atoms with E-state index in [0.717, 1.165) is 0 Å². The second kappa shape index (κ2) is 2.95. The van der Waals surface area contributed by atoms with E-state index in [1.54, 1.807) is 33.9 Å². The quantitative estimate of drug-likeness (QED) is 0.176. The van der Waals surface area contributed by atoms with Gasteiger partial charge in [-0.15, -0.1) is 9.13 Å². The molecule has 1 aromatic rings. The van der Waals surface area contributed by atoms with E-state index in [0.29, 0.717) is 0 Å². The Morgan fingerprint density at radius 2 is 1.08 bits per heavy atom. The summed E-state index contributed by atoms with van der Waals surface area (Å²) in [6.07, 6.45) is 6.59. The van der Waals surface area contributed by atoms with Gasteiger partial charge < -0.3 is 0 Å². The van der Waals surface area contributed by atoms with Gasteiger partial charge in [0.15, 0.2) is 24.8 Å². The molecule has 0 bridgehead atoms. The maximum Gasteiger partial charge on any atom is 0.519 e. The van der Waals surface area contributed by atoms with Crippen molar-refractivity contribution in [2.24, 2.45) is 11.5 Å². The van der Waals surface area contributed by atoms with Gasteiger partial charge >= 0.3 is 11.9 Å². The number of rotatable bonds is 0. The average molecular weight is 168 g/mol. The molecule has 0 saturated carbocycles. The molecule has 12 heavy (non-hydrogen) atoms. The zero-order valence-electron chi connectivity index (χ0n) is 6.51. The summed E-state index contributed by atoms with van der Waals surface area (Å²) in [4.78, 5) is 0. The Labute approximate surface area is 69.1 Å². The first-order valence-corrected chi connectivity index (χ1v) is 3.30. The molecule has 62 valence electrons. The van der Waals surface area contributed by atoms with Crippen molar-refractivity contribution in [3.05, 3.63) is 24.8 Å². The maximum absolute atomic E-state index is 5.32. The van der Waals surface area contributed by atoms with E-state index in [2.05, 4.69) is 0 Å². The second-order valence-electron chi connectivity index (χ2n) is 2.26. The molecule has 6 nitrogen and oxygen atoms in total. The van der Waals surface area contributed by atoms with Crippen molar-refractivity contribution in [1.29, 1.82) is 0 Å². The highest BCUT2D eigenvalue weighted by atomic mass is 15.1. The molecule has 0 amide bonds. The molecular formula is C6H12N6+4. The number of nitrogens with zero attached hydrogens (tertiary/aromatic N) is 2. The fraction of sp³-hybridized carbons (Fsp3) is 0. The third-order valence-electron chi connectivity index (χ3n) is 1.37. The van der Waals surface area contributed by atoms with Crippen molar-refractivity contribution in [3.8, 4) is 0 Å². The van der Waals surface area contributed by atoms with Crippen LogP contribution in [0.3, 0.4) is 0 Å². The van der Waals surface area contributed by atoms with Gasteiger partial charge in [0.1, 0.15) is 0 Å². The molecule has 0 aliphatic carbocycles. The largest absolute Gasteiger partial charge is 0.519 e. The lowest BCUT2D eigenvalue weighted by atomic mass is 10.6. The van der Waals surface area contributed by atoms with Gasteiger partial charge in [-0.1, -0.05) is 0 Å². The van der Waals surface area contributed by atoms with Gasteiger partial charge in [0.2, 0.25) is 0 Å². The standard InChI is InChI=1S/C6H10N6/c7-5(8)11-1-2-12(4-3-11)6(9)10/h1-4H,(H3,7,8)(H3,9,10)/q+2/p+2. The summed E-state index contributed by atoms with van der Waals surface area (Å²) in [6, 6.07) is 0. The molecule has 0 spiro atoms. The molecule has 0 aromatic carbocycles. The van der Waals surface area contributed by atoms with Crippen molar-refractivity contribution in [3.63, 3.8) is 0 Å². The van der Waals surface area contributed by atoms with Gasteiger partial charge in [0, 0.05) is 0 Å². The number of hydrogen-bond donors (Lipinski definition) is 4. The topological polar surface area (TPSA) is 111 Å². The van der Waals surface area contributed by atoms with Crippen LogP contribution in [0.5, 0.6) is 0 Å². The van der Waals surface area contributed by atoms with E-state index in [9.17, 15) is 0 Å². The van der Waals surface area contributed by atoms with Gasteiger partial charge in [-0.25, -0.2) is 22.3 Å². The van der Waals surface area contributed by atoms with Crippen LogP contribution in [0.25, 0.3) is 0 Å². The zero-order valence-corrected chi connectivity index (χ0v) is 6.51. The van der Waals surface area contributed by atoms with E-state index >= 15 is 0 Å². The lowest BCUT2D eigenvalue weighted by molar-refractivity contribution is -0.641. The maximum atomic E-state index is 5.32. The lowest BCUT2D eigenvalue weighted by Crippen LogP contribution is -2.68. The van der Waals surface area contributed by atoms with Crippen LogP contribution >= 0.6 is 0 Å². The normalized spacial score (nSPS) is 9.33. The van der Waals surface area contributed by atoms with Crippen molar-refractivity contribution >= 4 is 11.9 Å². The van der Waals surface area contributed by atoms with Gasteiger partial charge in [-0.05, 0) is 0 Å². The van der Waals surface area contributed by atoms with Gasteiger partial charge in [-0.3, -0.25) is 0 Å². The Hall–Kier alpha value is -1.98. The van der Waals surface area contributed by atoms with E-state index < -0.39 is 0 Å². The summed E-state index contributed by atoms with van der Waals surface area (Å²) in [5.41, 5.74) is 10.6. The van der Waals surface area contributed by atoms with Crippen LogP contribution in [0, 0.1) is 0 Å². The third-order valence-corrected chi connectivity index (χ3v) is 1.37. The average Bonchev–Trinajstić information content (AvgIpc) is 2.04. The Morgan fingerprint density at radius 1 is 0.833 bits per heavy atom. The first kappa shape index (κ1) is 8.12. The molecular weight excluding hydrogens is 156 g/mol. The van der Waals surface area contributed by atoms with Gasteiger partial charge in [-0.2, -0.15) is 0 Å². The Balaban J connectivity index is 3.01. The molecule has 0 unspecified atom stereocenters. The van der Waals surface area contributed by atoms with E-state index in [1.807, 2.05) is 0 Å². The van der Waals surface area contributed by atoms with Gasteiger partial charge in [0.25, 0.3) is 0 Å². The first-order valence-electron chi connectivity index (χ1n) is 3.30. The van der Waals surface area contributed by atoms with Crippen LogP contribution in [0.2, 0.25) is 0 Å². The monoisotopic (exact) mass is 168 g/mol. The van der Waals surface area contributed by atoms with E-state index in [1.165, 1.54) is 0 Å². The third kappa shape index (κ3) is 1.54. The molecule has 6 heteroatoms. The van der Waals surface area contributed by atoms with Crippen LogP contribution < -0.4 is 31.4 Å². The molecule has 1 rings (SSSR count). The fourth-order valence-electron chi connectivity index (χ4n) is 0.731. The molecule has 1 heterocycles. The summed E-state index contributed by atoms with van der Waals surface area (Å²) in [5.74, 6) is 0.385. The van der Waals surface area contributed by atoms with Crippen molar-refractivity contribution in [2.45, 2.75) is 0 Å². The summed E-state index contributed by atoms with van der Waals surface area (Å²) in [5, 5.41) is 10.6. The zero-order chi connectivity index (χ0) is 9.14. The Morgan fingerprint density at radius 3 is 1.25 bits per heavy atom. The van der Waals surface area contributed by atoms with Crippen LogP contribution in [-0.2, 0) is 0 Å². The first-order chi connectivity index (χ1) is 5.61. The van der Waals surface area contributed by atoms with Crippen molar-refractivity contribution in [1.82, 2.24) is 0 Å². The second-order valence-corrected chi connectivity index (χ2v) is 2.26. The highest BCUT2D eigenvalue weighted by molar-refractivity contribution is 5.61. The summed E-state index contributed by atoms with van der Waals surface area (Å²) in [6.45, 7) is 0. The van der Waals surface area contributed by atoms with Crippen molar-refractivity contribution < 1.29 is 20.0 Å². The molecule has 1 aromatic heterocycles. The lowest BCUT2D eigenvalue weighted by Gasteiger charge is -1.87. The summed E-state index contributed by atoms with van der Waals surface area (Å²) < 4.78 is 3.08. The highest BCUT2D eigenvalue weighted by Gasteiger charge is 2.12. The van der Waals surface area contributed by atoms with Gasteiger partial charge in [0.05, 0.1) is 0 Å². The number of aromatic nitrogens is 2. The minimum atomic E-state index is 0.192. The van der Waals surface area contributed by atoms with Crippen LogP contribution in [0.15, 0.2) is 24.8 Å². The van der Waals surface area contributed by atoms with E-state index in [-0.39, 0.29) is 11.9 Å². The van der Waals surface area contributed by atoms with Crippen LogP contribution in [0.1, 0.15) is 0 Å². The van der Waals surface area contributed by atoms with E-state index in [4.69, 9.17) is 22.3 Å². The van der Waals surface area contributed by atoms with Crippen LogP contribution in [-0.4, -0.2) is 11.9 Å². The SMILES string of the molecule is NC(=[NH2+])[n+]1cc[n+](C(N)=[NH2+])cc1. The molecule has 0 atom stereocenters. The summed E-state index contributed by atoms with van der Waals surface area (Å²) >= 11 is 0. The smallest absolute Gasteiger partial charge is 0.212 e. The van der Waals surface area contributed by atoms with Crippen molar-refractivity contribution in [2.75, 3.05) is 0 Å². The Bertz CT molecular complexity index is 280. The minimum absolute atomic E-state index is 0.192. The molecule has 0 radical (unpaired) electrons. The predicted molar refractivity (Wildman–Crippen MR) is 39.9 cm³/mol. The molecule has 8 N–H and O–H groups in total. The summed E-state index contributed by atoms with van der Waals surface area (Å²) in [7, 11) is 0. The highest BCUT2D eigenvalue weighted by Crippen LogP contribution is 1.64. The Kier molecular flexibility index (Phi) is 2.00.